The van der Waals surface area contributed by atoms with E-state index >= 15 is 0 Å². The lowest BCUT2D eigenvalue weighted by Crippen LogP contribution is -1.90. The van der Waals surface area contributed by atoms with Gasteiger partial charge in [-0.15, -0.1) is 11.3 Å². The van der Waals surface area contributed by atoms with Crippen molar-refractivity contribution in [2.45, 2.75) is 6.92 Å². The van der Waals surface area contributed by atoms with E-state index in [2.05, 4.69) is 41.5 Å². The number of aryl methyl sites for hydroxylation is 1. The van der Waals surface area contributed by atoms with E-state index in [0.29, 0.717) is 6.01 Å². The monoisotopic (exact) mass is 383 g/mol. The van der Waals surface area contributed by atoms with Crippen LogP contribution in [0.25, 0.3) is 32.9 Å². The van der Waals surface area contributed by atoms with Gasteiger partial charge >= 0.3 is 0 Å². The summed E-state index contributed by atoms with van der Waals surface area (Å²) in [6.45, 7) is 2.12. The number of hydrogen-bond donors (Lipinski definition) is 1. The van der Waals surface area contributed by atoms with Gasteiger partial charge in [-0.3, -0.25) is 0 Å². The number of nitrogens with zero attached hydrogens (tertiary/aromatic N) is 2. The van der Waals surface area contributed by atoms with E-state index in [1.165, 1.54) is 4.88 Å². The van der Waals surface area contributed by atoms with Gasteiger partial charge in [0.25, 0.3) is 6.01 Å². The Morgan fingerprint density at radius 2 is 1.54 bits per heavy atom. The van der Waals surface area contributed by atoms with Crippen LogP contribution < -0.4 is 5.32 Å². The molecule has 0 unspecified atom stereocenters. The molecule has 2 heterocycles. The normalized spacial score (nSPS) is 11.0. The predicted octanol–water partition coefficient (Wildman–Crippen LogP) is 6.67. The number of anilines is 2. The van der Waals surface area contributed by atoms with E-state index in [1.807, 2.05) is 54.6 Å². The topological polar surface area (TPSA) is 51.0 Å². The number of nitrogens with one attached hydrogen (secondary N) is 1. The number of hydrogen-bond acceptors (Lipinski definition) is 5. The highest BCUT2D eigenvalue weighted by molar-refractivity contribution is 7.15. The van der Waals surface area contributed by atoms with Gasteiger partial charge in [0, 0.05) is 21.7 Å². The van der Waals surface area contributed by atoms with Crippen molar-refractivity contribution in [2.24, 2.45) is 0 Å². The summed E-state index contributed by atoms with van der Waals surface area (Å²) in [5.74, 6) is 0. The SMILES string of the molecule is Cc1sc(-c2ccccc2)nc1-c1ccc(Nc2nc3ccccc3o2)cc1. The lowest BCUT2D eigenvalue weighted by Gasteiger charge is -2.03. The van der Waals surface area contributed by atoms with Crippen LogP contribution in [-0.4, -0.2) is 9.97 Å². The Labute approximate surface area is 166 Å². The molecule has 5 aromatic rings. The molecule has 28 heavy (non-hydrogen) atoms. The van der Waals surface area contributed by atoms with E-state index in [4.69, 9.17) is 9.40 Å². The fourth-order valence-corrected chi connectivity index (χ4v) is 4.07. The van der Waals surface area contributed by atoms with Gasteiger partial charge in [-0.2, -0.15) is 4.98 Å². The highest BCUT2D eigenvalue weighted by Gasteiger charge is 2.12. The molecule has 0 fully saturated rings. The summed E-state index contributed by atoms with van der Waals surface area (Å²) in [7, 11) is 0. The Hall–Kier alpha value is -3.44. The van der Waals surface area contributed by atoms with Crippen molar-refractivity contribution in [2.75, 3.05) is 5.32 Å². The van der Waals surface area contributed by atoms with Crippen LogP contribution >= 0.6 is 11.3 Å². The van der Waals surface area contributed by atoms with E-state index < -0.39 is 0 Å². The molecular weight excluding hydrogens is 366 g/mol. The second-order valence-electron chi connectivity index (χ2n) is 6.48. The predicted molar refractivity (Wildman–Crippen MR) is 115 cm³/mol. The molecule has 0 amide bonds. The van der Waals surface area contributed by atoms with E-state index in [-0.39, 0.29) is 0 Å². The smallest absolute Gasteiger partial charge is 0.300 e. The van der Waals surface area contributed by atoms with Crippen LogP contribution in [0.4, 0.5) is 11.7 Å². The molecule has 0 spiro atoms. The second kappa shape index (κ2) is 6.94. The van der Waals surface area contributed by atoms with Gasteiger partial charge in [0.15, 0.2) is 5.58 Å². The maximum Gasteiger partial charge on any atom is 0.300 e. The highest BCUT2D eigenvalue weighted by atomic mass is 32.1. The summed E-state index contributed by atoms with van der Waals surface area (Å²) in [6, 6.07) is 26.7. The molecule has 3 aromatic carbocycles. The van der Waals surface area contributed by atoms with Crippen molar-refractivity contribution >= 4 is 34.1 Å². The summed E-state index contributed by atoms with van der Waals surface area (Å²) in [4.78, 5) is 10.5. The Kier molecular flexibility index (Phi) is 4.14. The first-order valence-electron chi connectivity index (χ1n) is 9.02. The van der Waals surface area contributed by atoms with Crippen LogP contribution in [0.5, 0.6) is 0 Å². The number of rotatable bonds is 4. The van der Waals surface area contributed by atoms with Crippen LogP contribution in [0.2, 0.25) is 0 Å². The van der Waals surface area contributed by atoms with Crippen LogP contribution in [0, 0.1) is 6.92 Å². The first-order chi connectivity index (χ1) is 13.8. The van der Waals surface area contributed by atoms with Crippen molar-refractivity contribution in [1.29, 1.82) is 0 Å². The van der Waals surface area contributed by atoms with Crippen molar-refractivity contribution in [1.82, 2.24) is 9.97 Å². The molecule has 0 bridgehead atoms. The lowest BCUT2D eigenvalue weighted by molar-refractivity contribution is 0.623. The Bertz CT molecular complexity index is 1210. The molecule has 4 nitrogen and oxygen atoms in total. The zero-order chi connectivity index (χ0) is 18.9. The van der Waals surface area contributed by atoms with Crippen LogP contribution in [0.15, 0.2) is 83.3 Å². The second-order valence-corrected chi connectivity index (χ2v) is 7.68. The summed E-state index contributed by atoms with van der Waals surface area (Å²) >= 11 is 1.72. The third kappa shape index (κ3) is 3.17. The molecule has 5 rings (SSSR count). The van der Waals surface area contributed by atoms with Gasteiger partial charge in [0.05, 0.1) is 5.69 Å². The minimum Gasteiger partial charge on any atom is -0.423 e. The molecule has 0 aliphatic carbocycles. The highest BCUT2D eigenvalue weighted by Crippen LogP contribution is 2.34. The molecule has 1 N–H and O–H groups in total. The molecule has 0 saturated carbocycles. The zero-order valence-electron chi connectivity index (χ0n) is 15.2. The molecule has 0 aliphatic heterocycles. The van der Waals surface area contributed by atoms with Crippen LogP contribution in [0.3, 0.4) is 0 Å². The molecule has 2 aromatic heterocycles. The van der Waals surface area contributed by atoms with Gasteiger partial charge in [0.1, 0.15) is 10.5 Å². The van der Waals surface area contributed by atoms with E-state index in [9.17, 15) is 0 Å². The van der Waals surface area contributed by atoms with Gasteiger partial charge in [-0.05, 0) is 31.2 Å². The first kappa shape index (κ1) is 16.7. The summed E-state index contributed by atoms with van der Waals surface area (Å²) < 4.78 is 5.73. The molecular formula is C23H17N3OS. The van der Waals surface area contributed by atoms with E-state index in [1.54, 1.807) is 11.3 Å². The van der Waals surface area contributed by atoms with Crippen LogP contribution in [-0.2, 0) is 0 Å². The maximum atomic E-state index is 5.73. The van der Waals surface area contributed by atoms with Gasteiger partial charge < -0.3 is 9.73 Å². The number of oxazole rings is 1. The van der Waals surface area contributed by atoms with Gasteiger partial charge in [-0.1, -0.05) is 54.6 Å². The van der Waals surface area contributed by atoms with Crippen molar-refractivity contribution in [3.8, 4) is 21.8 Å². The Balaban J connectivity index is 1.40. The summed E-state index contributed by atoms with van der Waals surface area (Å²) in [5, 5.41) is 4.27. The Morgan fingerprint density at radius 3 is 2.32 bits per heavy atom. The number of benzene rings is 3. The standard InChI is InChI=1S/C23H17N3OS/c1-15-21(26-22(28-15)17-7-3-2-4-8-17)16-11-13-18(14-12-16)24-23-25-19-9-5-6-10-20(19)27-23/h2-14H,1H3,(H,24,25). The molecule has 0 radical (unpaired) electrons. The molecule has 0 saturated heterocycles. The third-order valence-corrected chi connectivity index (χ3v) is 5.54. The van der Waals surface area contributed by atoms with E-state index in [0.717, 1.165) is 38.6 Å². The van der Waals surface area contributed by atoms with Gasteiger partial charge in [0.2, 0.25) is 0 Å². The summed E-state index contributed by atoms with van der Waals surface area (Å²) in [5.41, 5.74) is 5.81. The molecule has 5 heteroatoms. The van der Waals surface area contributed by atoms with Crippen molar-refractivity contribution in [3.05, 3.63) is 83.7 Å². The summed E-state index contributed by atoms with van der Waals surface area (Å²) in [6.07, 6.45) is 0. The number of para-hydroxylation sites is 2. The largest absolute Gasteiger partial charge is 0.423 e. The molecule has 0 atom stereocenters. The quantitative estimate of drug-likeness (QED) is 0.376. The number of thiazole rings is 1. The molecule has 0 aliphatic rings. The average molecular weight is 383 g/mol. The fraction of sp³-hybridized carbons (Fsp3) is 0.0435. The minimum atomic E-state index is 0.491. The number of fused-ring (bicyclic) bond motifs is 1. The fourth-order valence-electron chi connectivity index (χ4n) is 3.13. The first-order valence-corrected chi connectivity index (χ1v) is 9.84. The van der Waals surface area contributed by atoms with Gasteiger partial charge in [-0.25, -0.2) is 4.98 Å². The van der Waals surface area contributed by atoms with Crippen LogP contribution in [0.1, 0.15) is 4.88 Å². The van der Waals surface area contributed by atoms with Crippen molar-refractivity contribution < 1.29 is 4.42 Å². The van der Waals surface area contributed by atoms with Crippen molar-refractivity contribution in [3.63, 3.8) is 0 Å². The zero-order valence-corrected chi connectivity index (χ0v) is 16.0. The maximum absolute atomic E-state index is 5.73. The Morgan fingerprint density at radius 1 is 0.786 bits per heavy atom. The average Bonchev–Trinajstić information content (AvgIpc) is 3.32. The third-order valence-electron chi connectivity index (χ3n) is 4.52. The lowest BCUT2D eigenvalue weighted by atomic mass is 10.1. The minimum absolute atomic E-state index is 0.491. The number of aromatic nitrogens is 2. The molecule has 136 valence electrons.